The summed E-state index contributed by atoms with van der Waals surface area (Å²) in [5, 5.41) is 4.22. The molecule has 1 aromatic heterocycles. The van der Waals surface area contributed by atoms with Crippen molar-refractivity contribution < 1.29 is 22.4 Å². The van der Waals surface area contributed by atoms with Crippen molar-refractivity contribution in [3.63, 3.8) is 0 Å². The van der Waals surface area contributed by atoms with E-state index in [-0.39, 0.29) is 21.8 Å². The van der Waals surface area contributed by atoms with E-state index in [4.69, 9.17) is 0 Å². The second-order valence-corrected chi connectivity index (χ2v) is 9.73. The van der Waals surface area contributed by atoms with Crippen LogP contribution >= 0.6 is 0 Å². The molecule has 178 valence electrons. The summed E-state index contributed by atoms with van der Waals surface area (Å²) in [6, 6.07) is 11.3. The highest BCUT2D eigenvalue weighted by atomic mass is 32.2. The van der Waals surface area contributed by atoms with Crippen LogP contribution in [0.4, 0.5) is 4.39 Å². The van der Waals surface area contributed by atoms with Gasteiger partial charge in [0, 0.05) is 18.7 Å². The molecule has 1 fully saturated rings. The highest BCUT2D eigenvalue weighted by Crippen LogP contribution is 2.21. The number of nitrogens with one attached hydrogen (secondary N) is 2. The molecule has 11 heteroatoms. The number of hydrazine groups is 1. The molecule has 0 spiro atoms. The van der Waals surface area contributed by atoms with E-state index in [1.165, 1.54) is 51.6 Å². The van der Waals surface area contributed by atoms with Gasteiger partial charge in [0.05, 0.1) is 28.0 Å². The van der Waals surface area contributed by atoms with Crippen molar-refractivity contribution in [1.82, 2.24) is 24.9 Å². The summed E-state index contributed by atoms with van der Waals surface area (Å²) in [4.78, 5) is 25.3. The fourth-order valence-corrected chi connectivity index (χ4v) is 5.33. The Kier molecular flexibility index (Phi) is 6.75. The number of rotatable bonds is 6. The molecule has 2 amide bonds. The Morgan fingerprint density at radius 2 is 1.59 bits per heavy atom. The van der Waals surface area contributed by atoms with E-state index in [0.717, 1.165) is 12.8 Å². The Bertz CT molecular complexity index is 1300. The lowest BCUT2D eigenvalue weighted by Gasteiger charge is -2.15. The molecule has 1 saturated heterocycles. The Labute approximate surface area is 196 Å². The minimum Gasteiger partial charge on any atom is -0.267 e. The van der Waals surface area contributed by atoms with E-state index in [0.29, 0.717) is 30.9 Å². The second-order valence-electron chi connectivity index (χ2n) is 7.79. The number of amides is 2. The largest absolute Gasteiger partial charge is 0.273 e. The van der Waals surface area contributed by atoms with E-state index in [1.54, 1.807) is 12.1 Å². The molecule has 1 aliphatic heterocycles. The summed E-state index contributed by atoms with van der Waals surface area (Å²) < 4.78 is 41.4. The van der Waals surface area contributed by atoms with Crippen LogP contribution in [-0.2, 0) is 16.4 Å². The molecule has 2 aromatic carbocycles. The van der Waals surface area contributed by atoms with Crippen LogP contribution in [0.2, 0.25) is 0 Å². The van der Waals surface area contributed by atoms with Crippen molar-refractivity contribution in [3.8, 4) is 5.69 Å². The molecular weight excluding hydrogens is 461 g/mol. The van der Waals surface area contributed by atoms with E-state index in [9.17, 15) is 22.4 Å². The van der Waals surface area contributed by atoms with Gasteiger partial charge in [0.25, 0.3) is 11.8 Å². The van der Waals surface area contributed by atoms with Crippen LogP contribution in [0.5, 0.6) is 0 Å². The smallest absolute Gasteiger partial charge is 0.267 e. The molecule has 2 N–H and O–H groups in total. The first-order valence-corrected chi connectivity index (χ1v) is 12.3. The van der Waals surface area contributed by atoms with E-state index < -0.39 is 21.8 Å². The number of benzene rings is 2. The van der Waals surface area contributed by atoms with E-state index >= 15 is 0 Å². The van der Waals surface area contributed by atoms with Crippen LogP contribution in [0.25, 0.3) is 5.69 Å². The van der Waals surface area contributed by atoms with Gasteiger partial charge in [-0.3, -0.25) is 20.4 Å². The summed E-state index contributed by atoms with van der Waals surface area (Å²) in [7, 11) is -3.57. The van der Waals surface area contributed by atoms with Crippen molar-refractivity contribution >= 4 is 21.8 Å². The fraction of sp³-hybridized carbons (Fsp3) is 0.261. The maximum absolute atomic E-state index is 13.2. The Morgan fingerprint density at radius 1 is 0.971 bits per heavy atom. The number of carbonyl (C=O) groups is 2. The lowest BCUT2D eigenvalue weighted by atomic mass is 10.2. The quantitative estimate of drug-likeness (QED) is 0.521. The highest BCUT2D eigenvalue weighted by molar-refractivity contribution is 7.89. The van der Waals surface area contributed by atoms with Crippen LogP contribution in [0.3, 0.4) is 0 Å². The molecule has 3 aromatic rings. The number of hydrogen-bond donors (Lipinski definition) is 2. The van der Waals surface area contributed by atoms with E-state index in [2.05, 4.69) is 16.0 Å². The zero-order valence-electron chi connectivity index (χ0n) is 18.5. The predicted octanol–water partition coefficient (Wildman–Crippen LogP) is 2.43. The molecule has 0 aliphatic carbocycles. The maximum atomic E-state index is 13.2. The number of halogens is 1. The van der Waals surface area contributed by atoms with Gasteiger partial charge in [-0.25, -0.2) is 17.5 Å². The zero-order valence-corrected chi connectivity index (χ0v) is 19.3. The molecule has 0 bridgehead atoms. The summed E-state index contributed by atoms with van der Waals surface area (Å²) in [6.45, 7) is 2.84. The van der Waals surface area contributed by atoms with Gasteiger partial charge in [-0.1, -0.05) is 6.92 Å². The Hall–Kier alpha value is -3.57. The first-order chi connectivity index (χ1) is 16.3. The van der Waals surface area contributed by atoms with Crippen molar-refractivity contribution in [2.75, 3.05) is 13.1 Å². The van der Waals surface area contributed by atoms with Crippen LogP contribution in [-0.4, -0.2) is 47.4 Å². The first-order valence-electron chi connectivity index (χ1n) is 10.8. The number of hydrogen-bond acceptors (Lipinski definition) is 5. The van der Waals surface area contributed by atoms with Gasteiger partial charge in [-0.05, 0) is 67.8 Å². The lowest BCUT2D eigenvalue weighted by molar-refractivity contribution is 0.0846. The topological polar surface area (TPSA) is 113 Å². The first kappa shape index (κ1) is 23.6. The fourth-order valence-electron chi connectivity index (χ4n) is 3.82. The van der Waals surface area contributed by atoms with Crippen LogP contribution < -0.4 is 10.9 Å². The van der Waals surface area contributed by atoms with Gasteiger partial charge in [0.1, 0.15) is 5.82 Å². The van der Waals surface area contributed by atoms with Crippen molar-refractivity contribution in [2.45, 2.75) is 31.1 Å². The minimum atomic E-state index is -3.57. The van der Waals surface area contributed by atoms with Crippen molar-refractivity contribution in [3.05, 3.63) is 77.4 Å². The molecule has 9 nitrogen and oxygen atoms in total. The van der Waals surface area contributed by atoms with Crippen LogP contribution in [0, 0.1) is 5.82 Å². The zero-order chi connectivity index (χ0) is 24.3. The average Bonchev–Trinajstić information content (AvgIpc) is 3.53. The summed E-state index contributed by atoms with van der Waals surface area (Å²) in [5.41, 5.74) is 6.34. The SMILES string of the molecule is CCc1c(C(=O)NNC(=O)c2ccc(S(=O)(=O)N3CCCC3)cc2)cnn1-c1ccc(F)cc1. The van der Waals surface area contributed by atoms with Crippen molar-refractivity contribution in [1.29, 1.82) is 0 Å². The van der Waals surface area contributed by atoms with Crippen LogP contribution in [0.15, 0.2) is 59.6 Å². The predicted molar refractivity (Wildman–Crippen MR) is 122 cm³/mol. The number of nitrogens with zero attached hydrogens (tertiary/aromatic N) is 3. The minimum absolute atomic E-state index is 0.121. The summed E-state index contributed by atoms with van der Waals surface area (Å²) in [6.07, 6.45) is 3.52. The van der Waals surface area contributed by atoms with Crippen LogP contribution in [0.1, 0.15) is 46.2 Å². The third-order valence-corrected chi connectivity index (χ3v) is 7.54. The third-order valence-electron chi connectivity index (χ3n) is 5.63. The van der Waals surface area contributed by atoms with Gasteiger partial charge in [-0.2, -0.15) is 9.40 Å². The van der Waals surface area contributed by atoms with Gasteiger partial charge in [0.15, 0.2) is 0 Å². The summed E-state index contributed by atoms with van der Waals surface area (Å²) in [5.74, 6) is -1.54. The molecule has 0 radical (unpaired) electrons. The molecule has 34 heavy (non-hydrogen) atoms. The van der Waals surface area contributed by atoms with E-state index in [1.807, 2.05) is 6.92 Å². The standard InChI is InChI=1S/C23H24FN5O4S/c1-2-21-20(15-25-29(21)18-9-7-17(24)8-10-18)23(31)27-26-22(30)16-5-11-19(12-6-16)34(32,33)28-13-3-4-14-28/h5-12,15H,2-4,13-14H2,1H3,(H,26,30)(H,27,31). The summed E-state index contributed by atoms with van der Waals surface area (Å²) >= 11 is 0. The molecule has 0 saturated carbocycles. The third kappa shape index (κ3) is 4.70. The molecule has 1 aliphatic rings. The Morgan fingerprint density at radius 3 is 2.21 bits per heavy atom. The van der Waals surface area contributed by atoms with Gasteiger partial charge in [-0.15, -0.1) is 0 Å². The number of sulfonamides is 1. The normalized spacial score (nSPS) is 14.2. The molecule has 0 unspecified atom stereocenters. The van der Waals surface area contributed by atoms with Crippen molar-refractivity contribution in [2.24, 2.45) is 0 Å². The monoisotopic (exact) mass is 485 g/mol. The van der Waals surface area contributed by atoms with Gasteiger partial charge in [0.2, 0.25) is 10.0 Å². The maximum Gasteiger partial charge on any atom is 0.273 e. The molecule has 2 heterocycles. The number of aromatic nitrogens is 2. The Balaban J connectivity index is 1.42. The molecule has 4 rings (SSSR count). The number of carbonyl (C=O) groups excluding carboxylic acids is 2. The molecular formula is C23H24FN5O4S. The molecule has 0 atom stereocenters. The van der Waals surface area contributed by atoms with Gasteiger partial charge < -0.3 is 0 Å². The highest BCUT2D eigenvalue weighted by Gasteiger charge is 2.27. The second kappa shape index (κ2) is 9.74. The lowest BCUT2D eigenvalue weighted by Crippen LogP contribution is -2.41. The van der Waals surface area contributed by atoms with Gasteiger partial charge >= 0.3 is 0 Å². The average molecular weight is 486 g/mol.